The van der Waals surface area contributed by atoms with Crippen LogP contribution >= 0.6 is 7.52 Å². The SMILES string of the molecule is CC(C)OC(=O)CN[P@](=O)(CO[C@H](C)Cn1cnc2c(N)ncnc21)Oc1ccccc1. The Hall–Kier alpha value is -3.01. The Morgan fingerprint density at radius 1 is 1.19 bits per heavy atom. The summed E-state index contributed by atoms with van der Waals surface area (Å²) in [7, 11) is -3.58. The molecule has 0 fully saturated rings. The maximum Gasteiger partial charge on any atom is 0.342 e. The summed E-state index contributed by atoms with van der Waals surface area (Å²) < 4.78 is 31.8. The van der Waals surface area contributed by atoms with Gasteiger partial charge in [-0.1, -0.05) is 18.2 Å². The molecule has 11 nitrogen and oxygen atoms in total. The molecule has 0 saturated carbocycles. The number of fused-ring (bicyclic) bond motifs is 1. The lowest BCUT2D eigenvalue weighted by atomic mass is 10.3. The van der Waals surface area contributed by atoms with Crippen molar-refractivity contribution < 1.29 is 23.4 Å². The van der Waals surface area contributed by atoms with Gasteiger partial charge in [0.2, 0.25) is 0 Å². The van der Waals surface area contributed by atoms with Gasteiger partial charge in [-0.25, -0.2) is 20.0 Å². The van der Waals surface area contributed by atoms with Crippen molar-refractivity contribution in [3.05, 3.63) is 43.0 Å². The molecule has 3 N–H and O–H groups in total. The van der Waals surface area contributed by atoms with Crippen molar-refractivity contribution in [2.45, 2.75) is 39.5 Å². The van der Waals surface area contributed by atoms with Crippen molar-refractivity contribution >= 4 is 30.5 Å². The first-order valence-electron chi connectivity index (χ1n) is 10.1. The van der Waals surface area contributed by atoms with Gasteiger partial charge in [0.25, 0.3) is 0 Å². The number of imidazole rings is 1. The van der Waals surface area contributed by atoms with Gasteiger partial charge in [-0.05, 0) is 32.9 Å². The molecule has 0 aliphatic heterocycles. The maximum absolute atomic E-state index is 13.4. The Labute approximate surface area is 185 Å². The lowest BCUT2D eigenvalue weighted by molar-refractivity contribution is -0.145. The van der Waals surface area contributed by atoms with Crippen molar-refractivity contribution in [1.29, 1.82) is 0 Å². The van der Waals surface area contributed by atoms with Gasteiger partial charge in [-0.2, -0.15) is 0 Å². The largest absolute Gasteiger partial charge is 0.462 e. The number of anilines is 1. The van der Waals surface area contributed by atoms with E-state index in [0.717, 1.165) is 0 Å². The van der Waals surface area contributed by atoms with Crippen LogP contribution in [0.15, 0.2) is 43.0 Å². The third-order valence-electron chi connectivity index (χ3n) is 4.24. The molecule has 0 saturated heterocycles. The van der Waals surface area contributed by atoms with E-state index < -0.39 is 13.5 Å². The van der Waals surface area contributed by atoms with Crippen molar-refractivity contribution in [3.8, 4) is 5.75 Å². The van der Waals surface area contributed by atoms with Crippen LogP contribution in [0.5, 0.6) is 5.75 Å². The fourth-order valence-electron chi connectivity index (χ4n) is 2.83. The Morgan fingerprint density at radius 2 is 1.94 bits per heavy atom. The van der Waals surface area contributed by atoms with Crippen LogP contribution in [0.3, 0.4) is 0 Å². The third-order valence-corrected chi connectivity index (χ3v) is 5.87. The number of nitrogens with zero attached hydrogens (tertiary/aromatic N) is 4. The van der Waals surface area contributed by atoms with E-state index in [1.54, 1.807) is 49.0 Å². The predicted molar refractivity (Wildman–Crippen MR) is 119 cm³/mol. The molecule has 2 atom stereocenters. The minimum absolute atomic E-state index is 0.262. The number of aromatic nitrogens is 4. The average Bonchev–Trinajstić information content (AvgIpc) is 3.15. The predicted octanol–water partition coefficient (Wildman–Crippen LogP) is 2.58. The number of hydrogen-bond acceptors (Lipinski definition) is 9. The highest BCUT2D eigenvalue weighted by atomic mass is 31.2. The fraction of sp³-hybridized carbons (Fsp3) is 0.400. The number of nitrogen functional groups attached to an aromatic ring is 1. The van der Waals surface area contributed by atoms with Crippen LogP contribution in [0, 0.1) is 0 Å². The average molecular weight is 462 g/mol. The van der Waals surface area contributed by atoms with Crippen LogP contribution < -0.4 is 15.3 Å². The van der Waals surface area contributed by atoms with E-state index in [4.69, 9.17) is 19.7 Å². The highest BCUT2D eigenvalue weighted by Crippen LogP contribution is 2.43. The Kier molecular flexibility index (Phi) is 7.79. The minimum Gasteiger partial charge on any atom is -0.462 e. The fourth-order valence-corrected chi connectivity index (χ4v) is 4.32. The van der Waals surface area contributed by atoms with E-state index in [0.29, 0.717) is 29.3 Å². The van der Waals surface area contributed by atoms with Crippen LogP contribution in [-0.2, 0) is 25.4 Å². The number of nitrogens with one attached hydrogen (secondary N) is 1. The molecule has 1 aromatic carbocycles. The molecule has 0 bridgehead atoms. The number of nitrogens with two attached hydrogens (primary N) is 1. The second-order valence-electron chi connectivity index (χ2n) is 7.39. The first kappa shape index (κ1) is 23.6. The number of carbonyl (C=O) groups excluding carboxylic acids is 1. The van der Waals surface area contributed by atoms with Crippen LogP contribution in [-0.4, -0.2) is 50.6 Å². The number of rotatable bonds is 11. The molecule has 3 rings (SSSR count). The molecule has 3 aromatic rings. The standard InChI is InChI=1S/C20H27N6O5P/c1-14(2)30-17(27)9-25-32(28,31-16-7-5-4-6-8-16)13-29-15(3)10-26-12-24-18-19(21)22-11-23-20(18)26/h4-8,11-12,14-15H,9-10,13H2,1-3H3,(H,25,28)(H2,21,22,23)/t15-,32+/m1/s1. The first-order chi connectivity index (χ1) is 15.3. The van der Waals surface area contributed by atoms with E-state index in [1.807, 2.05) is 13.0 Å². The van der Waals surface area contributed by atoms with Gasteiger partial charge in [0.05, 0.1) is 25.1 Å². The number of hydrogen-bond donors (Lipinski definition) is 2. The van der Waals surface area contributed by atoms with Crippen molar-refractivity contribution in [3.63, 3.8) is 0 Å². The molecule has 2 heterocycles. The number of para-hydroxylation sites is 1. The molecule has 172 valence electrons. The van der Waals surface area contributed by atoms with E-state index in [2.05, 4.69) is 20.0 Å². The van der Waals surface area contributed by atoms with Gasteiger partial charge in [-0.3, -0.25) is 9.36 Å². The second-order valence-corrected chi connectivity index (χ2v) is 9.49. The Morgan fingerprint density at radius 3 is 2.66 bits per heavy atom. The van der Waals surface area contributed by atoms with Crippen LogP contribution in [0.1, 0.15) is 20.8 Å². The first-order valence-corrected chi connectivity index (χ1v) is 11.9. The van der Waals surface area contributed by atoms with Gasteiger partial charge in [0.15, 0.2) is 11.5 Å². The molecule has 0 spiro atoms. The van der Waals surface area contributed by atoms with Gasteiger partial charge in [0.1, 0.15) is 30.5 Å². The molecule has 0 radical (unpaired) electrons. The highest BCUT2D eigenvalue weighted by molar-refractivity contribution is 7.57. The summed E-state index contributed by atoms with van der Waals surface area (Å²) in [6.45, 7) is 5.40. The minimum atomic E-state index is -3.58. The summed E-state index contributed by atoms with van der Waals surface area (Å²) in [6.07, 6.45) is 2.04. The Bertz CT molecular complexity index is 1090. The monoisotopic (exact) mass is 462 g/mol. The normalized spacial score (nSPS) is 14.2. The van der Waals surface area contributed by atoms with Gasteiger partial charge in [-0.15, -0.1) is 0 Å². The highest BCUT2D eigenvalue weighted by Gasteiger charge is 2.28. The zero-order chi connectivity index (χ0) is 23.1. The van der Waals surface area contributed by atoms with Crippen molar-refractivity contribution in [1.82, 2.24) is 24.6 Å². The summed E-state index contributed by atoms with van der Waals surface area (Å²) in [5, 5.41) is 2.68. The topological polar surface area (TPSA) is 143 Å². The molecule has 12 heteroatoms. The number of carbonyl (C=O) groups is 1. The number of benzene rings is 1. The van der Waals surface area contributed by atoms with Gasteiger partial charge < -0.3 is 24.3 Å². The number of ether oxygens (including phenoxy) is 2. The molecular formula is C20H27N6O5P. The van der Waals surface area contributed by atoms with Gasteiger partial charge in [0, 0.05) is 0 Å². The van der Waals surface area contributed by atoms with E-state index in [-0.39, 0.29) is 25.1 Å². The van der Waals surface area contributed by atoms with Crippen LogP contribution in [0.2, 0.25) is 0 Å². The van der Waals surface area contributed by atoms with Gasteiger partial charge >= 0.3 is 13.5 Å². The molecule has 2 aromatic heterocycles. The molecule has 0 aliphatic carbocycles. The summed E-state index contributed by atoms with van der Waals surface area (Å²) in [5.74, 6) is 0.150. The van der Waals surface area contributed by atoms with Crippen LogP contribution in [0.4, 0.5) is 5.82 Å². The summed E-state index contributed by atoms with van der Waals surface area (Å²) in [5.41, 5.74) is 6.90. The zero-order valence-electron chi connectivity index (χ0n) is 18.2. The molecule has 0 unspecified atom stereocenters. The second kappa shape index (κ2) is 10.5. The van der Waals surface area contributed by atoms with E-state index in [1.165, 1.54) is 6.33 Å². The molecule has 0 amide bonds. The lowest BCUT2D eigenvalue weighted by Gasteiger charge is -2.22. The smallest absolute Gasteiger partial charge is 0.342 e. The lowest BCUT2D eigenvalue weighted by Crippen LogP contribution is -2.29. The van der Waals surface area contributed by atoms with Crippen LogP contribution in [0.25, 0.3) is 11.2 Å². The third kappa shape index (κ3) is 6.49. The van der Waals surface area contributed by atoms with Crippen molar-refractivity contribution in [2.24, 2.45) is 0 Å². The van der Waals surface area contributed by atoms with Crippen molar-refractivity contribution in [2.75, 3.05) is 18.6 Å². The maximum atomic E-state index is 13.4. The molecule has 32 heavy (non-hydrogen) atoms. The summed E-state index contributed by atoms with van der Waals surface area (Å²) in [6, 6.07) is 8.68. The summed E-state index contributed by atoms with van der Waals surface area (Å²) >= 11 is 0. The summed E-state index contributed by atoms with van der Waals surface area (Å²) in [4.78, 5) is 24.3. The molecule has 0 aliphatic rings. The molecular weight excluding hydrogens is 435 g/mol. The number of esters is 1. The van der Waals surface area contributed by atoms with E-state index >= 15 is 0 Å². The quantitative estimate of drug-likeness (QED) is 0.322. The Balaban J connectivity index is 1.65. The zero-order valence-corrected chi connectivity index (χ0v) is 19.1. The van der Waals surface area contributed by atoms with E-state index in [9.17, 15) is 9.36 Å².